The molecule has 0 aromatic heterocycles. The molecule has 112 valence electrons. The van der Waals surface area contributed by atoms with E-state index in [-0.39, 0.29) is 5.56 Å². The van der Waals surface area contributed by atoms with Crippen LogP contribution < -0.4 is 4.74 Å². The van der Waals surface area contributed by atoms with Gasteiger partial charge in [-0.1, -0.05) is 24.3 Å². The fourth-order valence-electron chi connectivity index (χ4n) is 2.04. The number of hydrogen-bond donors (Lipinski definition) is 1. The van der Waals surface area contributed by atoms with E-state index in [1.165, 1.54) is 30.3 Å². The van der Waals surface area contributed by atoms with E-state index in [0.29, 0.717) is 11.1 Å². The maximum absolute atomic E-state index is 13.1. The Bertz CT molecular complexity index is 638. The van der Waals surface area contributed by atoms with Gasteiger partial charge in [-0.15, -0.1) is 13.2 Å². The van der Waals surface area contributed by atoms with Crippen LogP contribution in [-0.4, -0.2) is 11.5 Å². The number of benzene rings is 2. The van der Waals surface area contributed by atoms with Crippen molar-refractivity contribution in [3.8, 4) is 5.75 Å². The molecule has 0 bridgehead atoms. The zero-order valence-electron chi connectivity index (χ0n) is 11.0. The maximum Gasteiger partial charge on any atom is 0.573 e. The molecule has 1 atom stereocenters. The molecule has 2 aromatic carbocycles. The number of rotatable bonds is 3. The molecule has 0 radical (unpaired) electrons. The summed E-state index contributed by atoms with van der Waals surface area (Å²) in [5.74, 6) is -0.968. The quantitative estimate of drug-likeness (QED) is 0.864. The summed E-state index contributed by atoms with van der Waals surface area (Å²) in [5.41, 5.74) is 0.712. The lowest BCUT2D eigenvalue weighted by atomic mass is 9.97. The van der Waals surface area contributed by atoms with Crippen molar-refractivity contribution in [2.45, 2.75) is 19.4 Å². The first-order valence-electron chi connectivity index (χ1n) is 6.07. The van der Waals surface area contributed by atoms with Gasteiger partial charge in [-0.25, -0.2) is 4.39 Å². The molecule has 2 rings (SSSR count). The molecule has 6 heteroatoms. The fourth-order valence-corrected chi connectivity index (χ4v) is 2.04. The molecule has 21 heavy (non-hydrogen) atoms. The predicted molar refractivity (Wildman–Crippen MR) is 68.3 cm³/mol. The van der Waals surface area contributed by atoms with Crippen molar-refractivity contribution < 1.29 is 27.4 Å². The van der Waals surface area contributed by atoms with Crippen LogP contribution in [0.1, 0.15) is 22.8 Å². The normalized spacial score (nSPS) is 13.0. The molecule has 0 amide bonds. The summed E-state index contributed by atoms with van der Waals surface area (Å²) in [6.45, 7) is 1.56. The highest BCUT2D eigenvalue weighted by atomic mass is 19.4. The van der Waals surface area contributed by atoms with Crippen molar-refractivity contribution in [2.24, 2.45) is 0 Å². The summed E-state index contributed by atoms with van der Waals surface area (Å²) in [5, 5.41) is 10.3. The molecule has 0 aliphatic heterocycles. The summed E-state index contributed by atoms with van der Waals surface area (Å²) in [6.07, 6.45) is -6.20. The third-order valence-corrected chi connectivity index (χ3v) is 2.97. The Kier molecular flexibility index (Phi) is 4.18. The zero-order chi connectivity index (χ0) is 15.6. The molecule has 2 nitrogen and oxygen atoms in total. The number of halogens is 4. The monoisotopic (exact) mass is 300 g/mol. The molecule has 0 heterocycles. The van der Waals surface area contributed by atoms with E-state index in [2.05, 4.69) is 4.74 Å². The van der Waals surface area contributed by atoms with Crippen LogP contribution >= 0.6 is 0 Å². The Balaban J connectivity index is 2.41. The minimum absolute atomic E-state index is 0.0375. The Morgan fingerprint density at radius 3 is 2.33 bits per heavy atom. The first-order valence-corrected chi connectivity index (χ1v) is 6.07. The van der Waals surface area contributed by atoms with E-state index in [1.54, 1.807) is 6.92 Å². The molecule has 0 fully saturated rings. The van der Waals surface area contributed by atoms with Crippen molar-refractivity contribution in [1.29, 1.82) is 0 Å². The van der Waals surface area contributed by atoms with Crippen molar-refractivity contribution in [3.63, 3.8) is 0 Å². The lowest BCUT2D eigenvalue weighted by Gasteiger charge is -2.18. The van der Waals surface area contributed by atoms with Crippen LogP contribution in [0.3, 0.4) is 0 Å². The fraction of sp³-hybridized carbons (Fsp3) is 0.200. The standard InChI is InChI=1S/C15H12F4O2/c1-9-8-10(16)6-7-11(9)14(20)12-4-2-3-5-13(12)21-15(17,18)19/h2-8,14,20H,1H3. The summed E-state index contributed by atoms with van der Waals surface area (Å²) in [4.78, 5) is 0. The molecular weight excluding hydrogens is 288 g/mol. The van der Waals surface area contributed by atoms with Crippen molar-refractivity contribution in [2.75, 3.05) is 0 Å². The molecule has 0 aliphatic rings. The van der Waals surface area contributed by atoms with E-state index in [1.807, 2.05) is 0 Å². The van der Waals surface area contributed by atoms with Gasteiger partial charge in [-0.3, -0.25) is 0 Å². The van der Waals surface area contributed by atoms with Crippen LogP contribution in [0.25, 0.3) is 0 Å². The summed E-state index contributed by atoms with van der Waals surface area (Å²) in [6, 6.07) is 8.97. The molecule has 0 spiro atoms. The van der Waals surface area contributed by atoms with Gasteiger partial charge in [-0.05, 0) is 36.2 Å². The maximum atomic E-state index is 13.1. The smallest absolute Gasteiger partial charge is 0.405 e. The van der Waals surface area contributed by atoms with Crippen molar-refractivity contribution in [3.05, 3.63) is 65.0 Å². The van der Waals surface area contributed by atoms with Gasteiger partial charge in [0.05, 0.1) is 0 Å². The lowest BCUT2D eigenvalue weighted by Crippen LogP contribution is -2.19. The minimum Gasteiger partial charge on any atom is -0.405 e. The van der Waals surface area contributed by atoms with Gasteiger partial charge in [0, 0.05) is 5.56 Å². The molecule has 0 saturated carbocycles. The number of aryl methyl sites for hydroxylation is 1. The Morgan fingerprint density at radius 1 is 1.05 bits per heavy atom. The molecule has 1 N–H and O–H groups in total. The van der Waals surface area contributed by atoms with E-state index >= 15 is 0 Å². The van der Waals surface area contributed by atoms with Gasteiger partial charge in [0.1, 0.15) is 17.7 Å². The van der Waals surface area contributed by atoms with Crippen LogP contribution in [0.2, 0.25) is 0 Å². The third kappa shape index (κ3) is 3.72. The average molecular weight is 300 g/mol. The predicted octanol–water partition coefficient (Wildman–Crippen LogP) is 4.11. The van der Waals surface area contributed by atoms with Crippen LogP contribution in [0, 0.1) is 12.7 Å². The van der Waals surface area contributed by atoms with E-state index < -0.39 is 24.0 Å². The molecule has 0 saturated heterocycles. The van der Waals surface area contributed by atoms with Gasteiger partial charge in [-0.2, -0.15) is 0 Å². The number of aliphatic hydroxyl groups is 1. The Morgan fingerprint density at radius 2 is 1.71 bits per heavy atom. The number of para-hydroxylation sites is 1. The Labute approximate surface area is 118 Å². The SMILES string of the molecule is Cc1cc(F)ccc1C(O)c1ccccc1OC(F)(F)F. The number of hydrogen-bond acceptors (Lipinski definition) is 2. The first-order chi connectivity index (χ1) is 9.78. The van der Waals surface area contributed by atoms with E-state index in [4.69, 9.17) is 0 Å². The second-order valence-corrected chi connectivity index (χ2v) is 4.49. The van der Waals surface area contributed by atoms with Crippen LogP contribution in [-0.2, 0) is 0 Å². The van der Waals surface area contributed by atoms with Crippen LogP contribution in [0.15, 0.2) is 42.5 Å². The molecule has 2 aromatic rings. The van der Waals surface area contributed by atoms with Gasteiger partial charge in [0.2, 0.25) is 0 Å². The van der Waals surface area contributed by atoms with Gasteiger partial charge in [0.25, 0.3) is 0 Å². The van der Waals surface area contributed by atoms with Gasteiger partial charge >= 0.3 is 6.36 Å². The number of aliphatic hydroxyl groups excluding tert-OH is 1. The van der Waals surface area contributed by atoms with Crippen LogP contribution in [0.5, 0.6) is 5.75 Å². The van der Waals surface area contributed by atoms with Gasteiger partial charge in [0.15, 0.2) is 0 Å². The summed E-state index contributed by atoms with van der Waals surface area (Å²) < 4.78 is 54.1. The molecule has 1 unspecified atom stereocenters. The zero-order valence-corrected chi connectivity index (χ0v) is 11.0. The number of ether oxygens (including phenoxy) is 1. The second kappa shape index (κ2) is 5.73. The van der Waals surface area contributed by atoms with E-state index in [9.17, 15) is 22.7 Å². The first kappa shape index (κ1) is 15.3. The summed E-state index contributed by atoms with van der Waals surface area (Å²) in [7, 11) is 0. The third-order valence-electron chi connectivity index (χ3n) is 2.97. The average Bonchev–Trinajstić information content (AvgIpc) is 2.36. The molecule has 0 aliphatic carbocycles. The largest absolute Gasteiger partial charge is 0.573 e. The van der Waals surface area contributed by atoms with Crippen LogP contribution in [0.4, 0.5) is 17.6 Å². The topological polar surface area (TPSA) is 29.5 Å². The van der Waals surface area contributed by atoms with Crippen molar-refractivity contribution >= 4 is 0 Å². The lowest BCUT2D eigenvalue weighted by molar-refractivity contribution is -0.275. The van der Waals surface area contributed by atoms with Crippen molar-refractivity contribution in [1.82, 2.24) is 0 Å². The summed E-state index contributed by atoms with van der Waals surface area (Å²) >= 11 is 0. The highest BCUT2D eigenvalue weighted by molar-refractivity contribution is 5.42. The number of alkyl halides is 3. The Hall–Kier alpha value is -2.08. The minimum atomic E-state index is -4.85. The molecular formula is C15H12F4O2. The highest BCUT2D eigenvalue weighted by Crippen LogP contribution is 2.34. The van der Waals surface area contributed by atoms with E-state index in [0.717, 1.165) is 12.1 Å². The highest BCUT2D eigenvalue weighted by Gasteiger charge is 2.33. The second-order valence-electron chi connectivity index (χ2n) is 4.49. The van der Waals surface area contributed by atoms with Gasteiger partial charge < -0.3 is 9.84 Å².